The third kappa shape index (κ3) is 3.14. The molecule has 4 rings (SSSR count). The van der Waals surface area contributed by atoms with Crippen molar-refractivity contribution in [2.45, 2.75) is 19.5 Å². The number of furan rings is 1. The first-order valence-electron chi connectivity index (χ1n) is 8.14. The number of nitrogens with one attached hydrogen (secondary N) is 1. The number of H-pyrrole nitrogens is 1. The van der Waals surface area contributed by atoms with Gasteiger partial charge in [0, 0.05) is 36.8 Å². The summed E-state index contributed by atoms with van der Waals surface area (Å²) in [6, 6.07) is 3.45. The van der Waals surface area contributed by atoms with E-state index in [1.165, 1.54) is 6.26 Å². The number of hydrogen-bond donors (Lipinski definition) is 1. The minimum atomic E-state index is -1.45. The van der Waals surface area contributed by atoms with Gasteiger partial charge in [0.05, 0.1) is 12.0 Å². The average Bonchev–Trinajstić information content (AvgIpc) is 3.18. The molecule has 0 saturated heterocycles. The van der Waals surface area contributed by atoms with Gasteiger partial charge in [-0.1, -0.05) is 0 Å². The first-order valence-corrected chi connectivity index (χ1v) is 8.14. The summed E-state index contributed by atoms with van der Waals surface area (Å²) >= 11 is 0. The lowest BCUT2D eigenvalue weighted by Crippen LogP contribution is -2.35. The number of rotatable bonds is 3. The molecule has 0 saturated carbocycles. The molecule has 0 atom stereocenters. The highest BCUT2D eigenvalue weighted by Gasteiger charge is 2.26. The molecule has 0 bridgehead atoms. The smallest absolute Gasteiger partial charge is 0.254 e. The van der Waals surface area contributed by atoms with Gasteiger partial charge in [0.2, 0.25) is 0 Å². The predicted octanol–water partition coefficient (Wildman–Crippen LogP) is 3.14. The van der Waals surface area contributed by atoms with Crippen molar-refractivity contribution in [3.05, 3.63) is 74.9 Å². The van der Waals surface area contributed by atoms with Gasteiger partial charge in [-0.3, -0.25) is 9.69 Å². The summed E-state index contributed by atoms with van der Waals surface area (Å²) in [5.74, 6) is -5.13. The van der Waals surface area contributed by atoms with E-state index in [0.717, 1.165) is 0 Å². The minimum absolute atomic E-state index is 0.101. The second kappa shape index (κ2) is 6.66. The number of halogens is 4. The largest absolute Gasteiger partial charge is 0.461 e. The second-order valence-corrected chi connectivity index (χ2v) is 6.22. The van der Waals surface area contributed by atoms with Gasteiger partial charge in [-0.15, -0.1) is 0 Å². The van der Waals surface area contributed by atoms with E-state index in [-0.39, 0.29) is 43.5 Å². The van der Waals surface area contributed by atoms with Crippen LogP contribution in [0.15, 0.2) is 33.7 Å². The summed E-state index contributed by atoms with van der Waals surface area (Å²) in [4.78, 5) is 20.8. The summed E-state index contributed by atoms with van der Waals surface area (Å²) in [5.41, 5.74) is -0.116. The van der Waals surface area contributed by atoms with Crippen LogP contribution >= 0.6 is 0 Å². The van der Waals surface area contributed by atoms with E-state index in [9.17, 15) is 22.4 Å². The van der Waals surface area contributed by atoms with Gasteiger partial charge >= 0.3 is 0 Å². The molecule has 9 heteroatoms. The van der Waals surface area contributed by atoms with Gasteiger partial charge in [0.1, 0.15) is 0 Å². The van der Waals surface area contributed by atoms with Gasteiger partial charge in [0.15, 0.2) is 34.9 Å². The molecule has 5 nitrogen and oxygen atoms in total. The fourth-order valence-electron chi connectivity index (χ4n) is 3.14. The number of fused-ring (bicyclic) bond motifs is 1. The van der Waals surface area contributed by atoms with Gasteiger partial charge in [-0.25, -0.2) is 22.5 Å². The Kier molecular flexibility index (Phi) is 4.31. The lowest BCUT2D eigenvalue weighted by Gasteiger charge is -2.28. The highest BCUT2D eigenvalue weighted by Crippen LogP contribution is 2.24. The van der Waals surface area contributed by atoms with Crippen LogP contribution in [-0.4, -0.2) is 21.4 Å². The van der Waals surface area contributed by atoms with Crippen molar-refractivity contribution in [3.8, 4) is 11.6 Å². The lowest BCUT2D eigenvalue weighted by molar-refractivity contribution is 0.231. The van der Waals surface area contributed by atoms with E-state index >= 15 is 0 Å². The number of hydrogen-bond acceptors (Lipinski definition) is 4. The number of aromatic amines is 1. The van der Waals surface area contributed by atoms with Crippen LogP contribution in [0, 0.1) is 23.3 Å². The maximum absolute atomic E-state index is 13.9. The zero-order chi connectivity index (χ0) is 19.1. The van der Waals surface area contributed by atoms with Crippen molar-refractivity contribution in [1.82, 2.24) is 14.9 Å². The molecule has 0 aliphatic carbocycles. The molecule has 1 aliphatic rings. The van der Waals surface area contributed by atoms with Crippen LogP contribution in [0.5, 0.6) is 0 Å². The summed E-state index contributed by atoms with van der Waals surface area (Å²) in [7, 11) is 0. The van der Waals surface area contributed by atoms with Gasteiger partial charge in [-0.05, 0) is 18.6 Å². The van der Waals surface area contributed by atoms with Crippen molar-refractivity contribution < 1.29 is 22.0 Å². The zero-order valence-corrected chi connectivity index (χ0v) is 13.9. The quantitative estimate of drug-likeness (QED) is 0.561. The minimum Gasteiger partial charge on any atom is -0.461 e. The third-order valence-electron chi connectivity index (χ3n) is 4.49. The summed E-state index contributed by atoms with van der Waals surface area (Å²) in [5, 5.41) is 0. The van der Waals surface area contributed by atoms with Crippen molar-refractivity contribution in [3.63, 3.8) is 0 Å². The monoisotopic (exact) mass is 379 g/mol. The Bertz CT molecular complexity index is 1040. The Morgan fingerprint density at radius 3 is 2.59 bits per heavy atom. The molecule has 0 amide bonds. The Balaban J connectivity index is 1.65. The van der Waals surface area contributed by atoms with Crippen LogP contribution in [0.2, 0.25) is 0 Å². The van der Waals surface area contributed by atoms with Crippen LogP contribution in [0.25, 0.3) is 11.6 Å². The molecule has 1 aliphatic heterocycles. The highest BCUT2D eigenvalue weighted by atomic mass is 19.2. The van der Waals surface area contributed by atoms with Crippen LogP contribution in [0.1, 0.15) is 16.8 Å². The molecule has 2 aromatic heterocycles. The molecule has 0 radical (unpaired) electrons. The van der Waals surface area contributed by atoms with Crippen LogP contribution in [0.4, 0.5) is 17.6 Å². The average molecular weight is 379 g/mol. The van der Waals surface area contributed by atoms with Crippen molar-refractivity contribution in [2.75, 3.05) is 6.54 Å². The maximum Gasteiger partial charge on any atom is 0.254 e. The molecular formula is C18H13F4N3O2. The van der Waals surface area contributed by atoms with Crippen LogP contribution in [-0.2, 0) is 19.5 Å². The molecule has 3 heterocycles. The second-order valence-electron chi connectivity index (χ2n) is 6.22. The van der Waals surface area contributed by atoms with Crippen molar-refractivity contribution in [2.24, 2.45) is 0 Å². The molecule has 0 spiro atoms. The Labute approximate surface area is 150 Å². The van der Waals surface area contributed by atoms with Gasteiger partial charge in [0.25, 0.3) is 5.56 Å². The number of nitrogens with zero attached hydrogens (tertiary/aromatic N) is 2. The zero-order valence-electron chi connectivity index (χ0n) is 13.9. The normalized spacial score (nSPS) is 14.4. The molecule has 27 heavy (non-hydrogen) atoms. The molecule has 1 N–H and O–H groups in total. The van der Waals surface area contributed by atoms with Gasteiger partial charge < -0.3 is 9.40 Å². The molecule has 140 valence electrons. The predicted molar refractivity (Wildman–Crippen MR) is 86.7 cm³/mol. The van der Waals surface area contributed by atoms with Crippen molar-refractivity contribution in [1.29, 1.82) is 0 Å². The number of aromatic nitrogens is 2. The Morgan fingerprint density at radius 1 is 1.19 bits per heavy atom. The Morgan fingerprint density at radius 2 is 1.93 bits per heavy atom. The first-order chi connectivity index (χ1) is 12.9. The van der Waals surface area contributed by atoms with E-state index in [1.807, 2.05) is 0 Å². The summed E-state index contributed by atoms with van der Waals surface area (Å²) in [6.07, 6.45) is 1.72. The Hall–Kier alpha value is -2.94. The SMILES string of the molecule is O=c1[nH]c(-c2ccco2)nc2c1CCN(Cc1c(F)c(F)cc(F)c1F)C2. The maximum atomic E-state index is 13.9. The van der Waals surface area contributed by atoms with Gasteiger partial charge in [-0.2, -0.15) is 0 Å². The van der Waals surface area contributed by atoms with Crippen LogP contribution < -0.4 is 5.56 Å². The molecular weight excluding hydrogens is 366 g/mol. The first kappa shape index (κ1) is 17.5. The molecule has 0 unspecified atom stereocenters. The fraction of sp³-hybridized carbons (Fsp3) is 0.222. The molecule has 0 fully saturated rings. The topological polar surface area (TPSA) is 62.1 Å². The van der Waals surface area contributed by atoms with E-state index < -0.39 is 28.8 Å². The standard InChI is InChI=1S/C18H13F4N3O2/c19-11-6-12(20)16(22)10(15(11)21)7-25-4-3-9-13(8-25)23-17(24-18(9)26)14-2-1-5-27-14/h1-2,5-6H,3-4,7-8H2,(H,23,24,26). The van der Waals surface area contributed by atoms with E-state index in [4.69, 9.17) is 4.42 Å². The summed E-state index contributed by atoms with van der Waals surface area (Å²) in [6.45, 7) is 0.0369. The third-order valence-corrected chi connectivity index (χ3v) is 4.49. The summed E-state index contributed by atoms with van der Waals surface area (Å²) < 4.78 is 59.9. The number of benzene rings is 1. The fourth-order valence-corrected chi connectivity index (χ4v) is 3.14. The lowest BCUT2D eigenvalue weighted by atomic mass is 10.0. The van der Waals surface area contributed by atoms with E-state index in [2.05, 4.69) is 9.97 Å². The molecule has 3 aromatic rings. The van der Waals surface area contributed by atoms with Crippen molar-refractivity contribution >= 4 is 0 Å². The highest BCUT2D eigenvalue weighted by molar-refractivity contribution is 5.47. The molecule has 1 aromatic carbocycles. The van der Waals surface area contributed by atoms with E-state index in [0.29, 0.717) is 17.0 Å². The van der Waals surface area contributed by atoms with E-state index in [1.54, 1.807) is 17.0 Å². The van der Waals surface area contributed by atoms with Crippen LogP contribution in [0.3, 0.4) is 0 Å².